The minimum atomic E-state index is -0.767. The summed E-state index contributed by atoms with van der Waals surface area (Å²) < 4.78 is 5.50. The Bertz CT molecular complexity index is 969. The first-order valence-electron chi connectivity index (χ1n) is 9.18. The highest BCUT2D eigenvalue weighted by atomic mass is 16.5. The Morgan fingerprint density at radius 3 is 2.39 bits per heavy atom. The lowest BCUT2D eigenvalue weighted by Crippen LogP contribution is -2.33. The van der Waals surface area contributed by atoms with Gasteiger partial charge in [-0.25, -0.2) is 0 Å². The number of rotatable bonds is 4. The Balaban J connectivity index is 2.27. The third-order valence-electron chi connectivity index (χ3n) is 4.85. The van der Waals surface area contributed by atoms with Crippen LogP contribution in [0.3, 0.4) is 0 Å². The van der Waals surface area contributed by atoms with Gasteiger partial charge >= 0.3 is 0 Å². The number of hydrogen-bond acceptors (Lipinski definition) is 4. The van der Waals surface area contributed by atoms with Crippen LogP contribution in [0.4, 0.5) is 5.69 Å². The standard InChI is InChI=1S/C23H25NO4/c1-14-9-8-10-15(13-14)24-19(16-11-6-7-12-17(16)28-5)18(20(25)22(24)27)21(26)23(2,3)4/h6-13,19,25H,1-5H3. The van der Waals surface area contributed by atoms with E-state index >= 15 is 0 Å². The second-order valence-corrected chi connectivity index (χ2v) is 8.00. The van der Waals surface area contributed by atoms with Crippen molar-refractivity contribution in [2.24, 2.45) is 5.41 Å². The lowest BCUT2D eigenvalue weighted by atomic mass is 9.82. The first kappa shape index (κ1) is 19.7. The van der Waals surface area contributed by atoms with Gasteiger partial charge in [0.05, 0.1) is 18.7 Å². The quantitative estimate of drug-likeness (QED) is 0.848. The van der Waals surface area contributed by atoms with Crippen molar-refractivity contribution < 1.29 is 19.4 Å². The molecule has 28 heavy (non-hydrogen) atoms. The summed E-state index contributed by atoms with van der Waals surface area (Å²) in [6.07, 6.45) is 0. The van der Waals surface area contributed by atoms with Gasteiger partial charge in [-0.3, -0.25) is 14.5 Å². The maximum absolute atomic E-state index is 13.2. The van der Waals surface area contributed by atoms with E-state index in [9.17, 15) is 14.7 Å². The molecule has 0 spiro atoms. The molecule has 1 unspecified atom stereocenters. The lowest BCUT2D eigenvalue weighted by molar-refractivity contribution is -0.123. The molecule has 2 aromatic carbocycles. The molecule has 1 aliphatic heterocycles. The number of aliphatic hydroxyl groups excluding tert-OH is 1. The van der Waals surface area contributed by atoms with Gasteiger partial charge in [-0.15, -0.1) is 0 Å². The first-order valence-corrected chi connectivity index (χ1v) is 9.18. The molecule has 1 atom stereocenters. The van der Waals surface area contributed by atoms with E-state index in [1.807, 2.05) is 43.3 Å². The fourth-order valence-electron chi connectivity index (χ4n) is 3.47. The smallest absolute Gasteiger partial charge is 0.294 e. The van der Waals surface area contributed by atoms with Crippen LogP contribution in [0.5, 0.6) is 5.75 Å². The molecule has 0 saturated carbocycles. The van der Waals surface area contributed by atoms with Gasteiger partial charge < -0.3 is 9.84 Å². The van der Waals surface area contributed by atoms with Gasteiger partial charge in [0, 0.05) is 16.7 Å². The van der Waals surface area contributed by atoms with Crippen LogP contribution in [-0.4, -0.2) is 23.9 Å². The van der Waals surface area contributed by atoms with Crippen molar-refractivity contribution in [3.05, 3.63) is 71.0 Å². The van der Waals surface area contributed by atoms with Crippen LogP contribution in [0.2, 0.25) is 0 Å². The topological polar surface area (TPSA) is 66.8 Å². The summed E-state index contributed by atoms with van der Waals surface area (Å²) in [5, 5.41) is 10.7. The molecule has 0 radical (unpaired) electrons. The Labute approximate surface area is 165 Å². The van der Waals surface area contributed by atoms with Gasteiger partial charge in [0.15, 0.2) is 11.5 Å². The molecule has 1 amide bonds. The molecular weight excluding hydrogens is 354 g/mol. The van der Waals surface area contributed by atoms with E-state index in [2.05, 4.69) is 0 Å². The highest BCUT2D eigenvalue weighted by Gasteiger charge is 2.47. The Hall–Kier alpha value is -3.08. The number of aryl methyl sites for hydroxylation is 1. The average Bonchev–Trinajstić information content (AvgIpc) is 2.91. The lowest BCUT2D eigenvalue weighted by Gasteiger charge is -2.30. The summed E-state index contributed by atoms with van der Waals surface area (Å²) in [7, 11) is 1.54. The Kier molecular flexibility index (Phi) is 5.02. The molecule has 1 aliphatic rings. The summed E-state index contributed by atoms with van der Waals surface area (Å²) in [6, 6.07) is 13.9. The molecule has 1 heterocycles. The number of amides is 1. The molecule has 0 bridgehead atoms. The second-order valence-electron chi connectivity index (χ2n) is 8.00. The molecule has 0 fully saturated rings. The van der Waals surface area contributed by atoms with Gasteiger partial charge in [-0.2, -0.15) is 0 Å². The van der Waals surface area contributed by atoms with Crippen molar-refractivity contribution in [3.63, 3.8) is 0 Å². The number of hydrogen-bond donors (Lipinski definition) is 1. The number of Topliss-reactive ketones (excluding diaryl/α,β-unsaturated/α-hetero) is 1. The largest absolute Gasteiger partial charge is 0.503 e. The number of ketones is 1. The Morgan fingerprint density at radius 2 is 1.79 bits per heavy atom. The van der Waals surface area contributed by atoms with Gasteiger partial charge in [0.2, 0.25) is 0 Å². The number of anilines is 1. The van der Waals surface area contributed by atoms with Crippen LogP contribution in [0.1, 0.15) is 37.9 Å². The molecule has 0 saturated heterocycles. The summed E-state index contributed by atoms with van der Waals surface area (Å²) in [5.74, 6) is -0.817. The van der Waals surface area contributed by atoms with Gasteiger partial charge in [0.25, 0.3) is 5.91 Å². The van der Waals surface area contributed by atoms with E-state index in [-0.39, 0.29) is 11.4 Å². The zero-order valence-corrected chi connectivity index (χ0v) is 16.8. The predicted octanol–water partition coefficient (Wildman–Crippen LogP) is 4.52. The number of benzene rings is 2. The zero-order chi connectivity index (χ0) is 20.6. The maximum atomic E-state index is 13.2. The zero-order valence-electron chi connectivity index (χ0n) is 16.8. The minimum Gasteiger partial charge on any atom is -0.503 e. The number of aliphatic hydroxyl groups is 1. The van der Waals surface area contributed by atoms with E-state index in [1.54, 1.807) is 40.0 Å². The van der Waals surface area contributed by atoms with Crippen LogP contribution >= 0.6 is 0 Å². The van der Waals surface area contributed by atoms with E-state index in [1.165, 1.54) is 4.90 Å². The van der Waals surface area contributed by atoms with Crippen molar-refractivity contribution in [1.29, 1.82) is 0 Å². The molecule has 3 rings (SSSR count). The highest BCUT2D eigenvalue weighted by molar-refractivity contribution is 6.17. The third kappa shape index (κ3) is 3.28. The molecule has 1 N–H and O–H groups in total. The van der Waals surface area contributed by atoms with Crippen molar-refractivity contribution in [3.8, 4) is 5.75 Å². The summed E-state index contributed by atoms with van der Waals surface area (Å²) >= 11 is 0. The van der Waals surface area contributed by atoms with Crippen LogP contribution in [0, 0.1) is 12.3 Å². The van der Waals surface area contributed by atoms with Crippen molar-refractivity contribution in [1.82, 2.24) is 0 Å². The number of carbonyl (C=O) groups is 2. The fraction of sp³-hybridized carbons (Fsp3) is 0.304. The van der Waals surface area contributed by atoms with Gasteiger partial charge in [-0.1, -0.05) is 51.1 Å². The second kappa shape index (κ2) is 7.15. The Morgan fingerprint density at radius 1 is 1.11 bits per heavy atom. The summed E-state index contributed by atoms with van der Waals surface area (Å²) in [5.41, 5.74) is 1.58. The van der Waals surface area contributed by atoms with Gasteiger partial charge in [0.1, 0.15) is 5.75 Å². The molecule has 0 aromatic heterocycles. The number of methoxy groups -OCH3 is 1. The van der Waals surface area contributed by atoms with E-state index in [0.717, 1.165) is 5.56 Å². The average molecular weight is 379 g/mol. The third-order valence-corrected chi connectivity index (χ3v) is 4.85. The van der Waals surface area contributed by atoms with Crippen LogP contribution in [-0.2, 0) is 9.59 Å². The van der Waals surface area contributed by atoms with Crippen LogP contribution in [0.15, 0.2) is 59.9 Å². The van der Waals surface area contributed by atoms with Crippen LogP contribution in [0.25, 0.3) is 0 Å². The highest BCUT2D eigenvalue weighted by Crippen LogP contribution is 2.45. The number of nitrogens with zero attached hydrogens (tertiary/aromatic N) is 1. The fourth-order valence-corrected chi connectivity index (χ4v) is 3.47. The summed E-state index contributed by atoms with van der Waals surface area (Å²) in [4.78, 5) is 27.8. The van der Waals surface area contributed by atoms with E-state index < -0.39 is 23.1 Å². The van der Waals surface area contributed by atoms with E-state index in [0.29, 0.717) is 17.0 Å². The number of carbonyl (C=O) groups excluding carboxylic acids is 2. The molecular formula is C23H25NO4. The molecule has 5 nitrogen and oxygen atoms in total. The minimum absolute atomic E-state index is 0.100. The predicted molar refractivity (Wildman–Crippen MR) is 109 cm³/mol. The van der Waals surface area contributed by atoms with Gasteiger partial charge in [-0.05, 0) is 30.7 Å². The molecule has 146 valence electrons. The van der Waals surface area contributed by atoms with Crippen molar-refractivity contribution in [2.75, 3.05) is 12.0 Å². The molecule has 5 heteroatoms. The number of para-hydroxylation sites is 1. The molecule has 2 aromatic rings. The number of ether oxygens (including phenoxy) is 1. The van der Waals surface area contributed by atoms with Crippen LogP contribution < -0.4 is 9.64 Å². The first-order chi connectivity index (χ1) is 13.2. The molecule has 0 aliphatic carbocycles. The van der Waals surface area contributed by atoms with Crippen molar-refractivity contribution in [2.45, 2.75) is 33.7 Å². The van der Waals surface area contributed by atoms with Crippen molar-refractivity contribution >= 4 is 17.4 Å². The monoisotopic (exact) mass is 379 g/mol. The maximum Gasteiger partial charge on any atom is 0.294 e. The van der Waals surface area contributed by atoms with E-state index in [4.69, 9.17) is 4.74 Å². The normalized spacial score (nSPS) is 17.2. The summed E-state index contributed by atoms with van der Waals surface area (Å²) in [6.45, 7) is 7.24. The SMILES string of the molecule is COc1ccccc1C1C(C(=O)C(C)(C)C)=C(O)C(=O)N1c1cccc(C)c1.